The zero-order chi connectivity index (χ0) is 2.00. The second kappa shape index (κ2) is 23.2. The molecule has 0 aliphatic carbocycles. The van der Waals surface area contributed by atoms with Crippen LogP contribution in [-0.2, 0) is 30.1 Å². The van der Waals surface area contributed by atoms with E-state index in [0.717, 1.165) is 0 Å². The van der Waals surface area contributed by atoms with Gasteiger partial charge in [0.15, 0.2) is 0 Å². The van der Waals surface area contributed by atoms with Gasteiger partial charge in [0.05, 0.1) is 0 Å². The molecule has 0 aromatic carbocycles. The molecule has 0 radical (unpaired) electrons. The first-order chi connectivity index (χ1) is 1.00. The van der Waals surface area contributed by atoms with Crippen molar-refractivity contribution in [2.75, 3.05) is 0 Å². The summed E-state index contributed by atoms with van der Waals surface area (Å²) in [7, 11) is 0. The second-order valence-corrected chi connectivity index (χ2v) is 0. The molecule has 5 heteroatoms. The predicted molar refractivity (Wildman–Crippen MR) is 15.7 cm³/mol. The third-order valence-corrected chi connectivity index (χ3v) is 0. The fraction of sp³-hybridized carbons (Fsp3) is 0. The fourth-order valence-corrected chi connectivity index (χ4v) is 0. The van der Waals surface area contributed by atoms with E-state index in [2.05, 4.69) is 30.8 Å². The van der Waals surface area contributed by atoms with Crippen molar-refractivity contribution in [3.05, 3.63) is 0 Å². The Bertz CT molecular complexity index is 11.6. The van der Waals surface area contributed by atoms with Gasteiger partial charge in [0.2, 0.25) is 0 Å². The summed E-state index contributed by atoms with van der Waals surface area (Å²) in [5.74, 6) is 0. The van der Waals surface area contributed by atoms with Crippen LogP contribution in [0.15, 0.2) is 0 Å². The van der Waals surface area contributed by atoms with Crippen molar-refractivity contribution in [1.82, 2.24) is 0 Å². The Kier molecular flexibility index (Phi) is 105. The van der Waals surface area contributed by atoms with Crippen molar-refractivity contribution >= 4 is 74.4 Å². The average Bonchev–Trinajstić information content (AvgIpc) is 1.00. The number of hydrogen-bond donors (Lipinski definition) is 0. The van der Waals surface area contributed by atoms with E-state index < -0.39 is 0 Å². The summed E-state index contributed by atoms with van der Waals surface area (Å²) in [6, 6.07) is 0. The molecule has 0 fully saturated rings. The van der Waals surface area contributed by atoms with Crippen LogP contribution in [0.2, 0.25) is 0 Å². The van der Waals surface area contributed by atoms with Crippen LogP contribution in [0.1, 0.15) is 0 Å². The molecule has 5 heavy (non-hydrogen) atoms. The summed E-state index contributed by atoms with van der Waals surface area (Å²) in [5, 5.41) is 0. The Labute approximate surface area is 131 Å². The Hall–Kier alpha value is 4.84. The molecular weight excluding hydrogens is 384 g/mol. The van der Waals surface area contributed by atoms with Crippen LogP contribution in [0.4, 0.5) is 0 Å². The standard InChI is InChI=1S/Fe.K.Mg.Mo.Tm.3H. The van der Waals surface area contributed by atoms with E-state index in [4.69, 9.17) is 0 Å². The van der Waals surface area contributed by atoms with Gasteiger partial charge in [-0.15, -0.1) is 0 Å². The third kappa shape index (κ3) is 17.7. The van der Waals surface area contributed by atoms with Gasteiger partial charge in [0.1, 0.15) is 0 Å². The first-order valence-electron chi connectivity index (χ1n) is 0.113. The normalized spacial score (nSPS) is 1.20. The van der Waals surface area contributed by atoms with Gasteiger partial charge in [-0.25, -0.2) is 0 Å². The predicted octanol–water partition coefficient (Wildman–Crippen LogP) is -1.57. The van der Waals surface area contributed by atoms with Crippen LogP contribution < -0.4 is 0 Å². The summed E-state index contributed by atoms with van der Waals surface area (Å²) in [4.78, 5) is 0. The third-order valence-electron chi connectivity index (χ3n) is 0. The van der Waals surface area contributed by atoms with Gasteiger partial charge in [-0.1, -0.05) is 0 Å². The minimum atomic E-state index is 0. The molecule has 0 aromatic rings. The van der Waals surface area contributed by atoms with Crippen LogP contribution in [0.5, 0.6) is 0 Å². The molecule has 0 bridgehead atoms. The summed E-state index contributed by atoms with van der Waals surface area (Å²) in [5.41, 5.74) is 0. The van der Waals surface area contributed by atoms with E-state index in [1.54, 1.807) is 0 Å². The number of rotatable bonds is 0. The maximum absolute atomic E-state index is 2.57. The molecule has 0 heterocycles. The molecule has 33 valence electrons. The summed E-state index contributed by atoms with van der Waals surface area (Å²) >= 11 is 4.40. The van der Waals surface area contributed by atoms with E-state index in [-0.39, 0.29) is 91.5 Å². The second-order valence-electron chi connectivity index (χ2n) is 0. The molecule has 0 unspecified atom stereocenters. The van der Waals surface area contributed by atoms with E-state index in [9.17, 15) is 0 Å². The van der Waals surface area contributed by atoms with Crippen molar-refractivity contribution < 1.29 is 60.8 Å². The van der Waals surface area contributed by atoms with E-state index in [1.165, 1.54) is 0 Å². The average molecular weight is 387 g/mol. The van der Waals surface area contributed by atoms with Crippen LogP contribution in [-0.4, -0.2) is 74.4 Å². The molecule has 0 aliphatic rings. The van der Waals surface area contributed by atoms with Crippen molar-refractivity contribution in [2.45, 2.75) is 0 Å². The van der Waals surface area contributed by atoms with Crippen molar-refractivity contribution in [2.24, 2.45) is 0 Å². The fourth-order valence-electron chi connectivity index (χ4n) is 0. The Balaban J connectivity index is -0.00000000167. The molecule has 0 atom stereocenters. The molecule has 0 aromatic heterocycles. The minimum absolute atomic E-state index is 0. The van der Waals surface area contributed by atoms with Gasteiger partial charge in [0, 0.05) is 17.1 Å². The van der Waals surface area contributed by atoms with Crippen LogP contribution >= 0.6 is 0 Å². The molecule has 0 nitrogen and oxygen atoms in total. The molecule has 0 aliphatic heterocycles. The topological polar surface area (TPSA) is 0 Å². The number of hydrogen-bond acceptors (Lipinski definition) is 0. The molecule has 0 saturated carbocycles. The Morgan fingerprint density at radius 3 is 1.20 bits per heavy atom. The van der Waals surface area contributed by atoms with E-state index >= 15 is 0 Å². The van der Waals surface area contributed by atoms with E-state index in [0.29, 0.717) is 0 Å². The Morgan fingerprint density at radius 2 is 1.20 bits per heavy atom. The SMILES string of the molecule is [Fe].[KH].[MgH2].[Mo][Tm]. The summed E-state index contributed by atoms with van der Waals surface area (Å²) < 4.78 is 0. The van der Waals surface area contributed by atoms with Crippen molar-refractivity contribution in [3.8, 4) is 0 Å². The van der Waals surface area contributed by atoms with Gasteiger partial charge >= 0.3 is 118 Å². The molecule has 0 spiro atoms. The Morgan fingerprint density at radius 1 is 1.20 bits per heavy atom. The zero-order valence-electron chi connectivity index (χ0n) is 1.04. The van der Waals surface area contributed by atoms with Crippen LogP contribution in [0.25, 0.3) is 0 Å². The molecule has 0 amide bonds. The maximum atomic E-state index is 2.57. The summed E-state index contributed by atoms with van der Waals surface area (Å²) in [6.07, 6.45) is 0. The van der Waals surface area contributed by atoms with Gasteiger partial charge in [0.25, 0.3) is 0 Å². The quantitative estimate of drug-likeness (QED) is 0.441. The molecular formula is H3FeKMgMoTm. The van der Waals surface area contributed by atoms with Gasteiger partial charge in [-0.2, -0.15) is 0 Å². The van der Waals surface area contributed by atoms with Crippen molar-refractivity contribution in [1.29, 1.82) is 0 Å². The monoisotopic (exact) mass is 389 g/mol. The molecule has 0 saturated heterocycles. The summed E-state index contributed by atoms with van der Waals surface area (Å²) in [6.45, 7) is 0. The van der Waals surface area contributed by atoms with Crippen LogP contribution in [0.3, 0.4) is 0 Å². The van der Waals surface area contributed by atoms with E-state index in [1.807, 2.05) is 13.0 Å². The van der Waals surface area contributed by atoms with Gasteiger partial charge < -0.3 is 0 Å². The van der Waals surface area contributed by atoms with Crippen molar-refractivity contribution in [3.63, 3.8) is 0 Å². The first-order valence-corrected chi connectivity index (χ1v) is 4.97. The molecule has 0 N–H and O–H groups in total. The molecule has 0 rings (SSSR count). The van der Waals surface area contributed by atoms with Gasteiger partial charge in [-0.05, 0) is 0 Å². The zero-order valence-corrected chi connectivity index (χ0v) is 5.93. The van der Waals surface area contributed by atoms with Gasteiger partial charge in [-0.3, -0.25) is 0 Å². The van der Waals surface area contributed by atoms with Crippen LogP contribution in [0, 0.1) is 30.8 Å². The first kappa shape index (κ1) is 22.5.